The largest absolute Gasteiger partial charge is 0.396 e. The Morgan fingerprint density at radius 1 is 1.21 bits per heavy atom. The molecule has 0 bridgehead atoms. The quantitative estimate of drug-likeness (QED) is 0.928. The lowest BCUT2D eigenvalue weighted by Gasteiger charge is -2.19. The minimum Gasteiger partial charge on any atom is -0.396 e. The average molecular weight is 277 g/mol. The van der Waals surface area contributed by atoms with Crippen LogP contribution in [0.2, 0.25) is 0 Å². The Morgan fingerprint density at radius 3 is 2.58 bits per heavy atom. The molecule has 5 nitrogen and oxygen atoms in total. The third-order valence-electron chi connectivity index (χ3n) is 2.77. The lowest BCUT2D eigenvalue weighted by molar-refractivity contribution is 0.591. The van der Waals surface area contributed by atoms with Crippen LogP contribution in [0.5, 0.6) is 0 Å². The van der Waals surface area contributed by atoms with E-state index in [4.69, 9.17) is 5.73 Å². The number of nitrogens with two attached hydrogens (primary N) is 1. The van der Waals surface area contributed by atoms with Gasteiger partial charge in [-0.2, -0.15) is 8.42 Å². The van der Waals surface area contributed by atoms with Gasteiger partial charge in [-0.1, -0.05) is 12.1 Å². The van der Waals surface area contributed by atoms with E-state index in [1.54, 1.807) is 24.3 Å². The number of nitrogen functional groups attached to an aromatic ring is 1. The molecule has 0 fully saturated rings. The maximum atomic E-state index is 12.4. The third-order valence-corrected chi connectivity index (χ3v) is 4.53. The Kier molecular flexibility index (Phi) is 3.44. The summed E-state index contributed by atoms with van der Waals surface area (Å²) in [6.45, 7) is 1.90. The van der Waals surface area contributed by atoms with E-state index in [9.17, 15) is 8.42 Å². The summed E-state index contributed by atoms with van der Waals surface area (Å²) in [4.78, 5) is 3.86. The van der Waals surface area contributed by atoms with Crippen molar-refractivity contribution in [2.24, 2.45) is 0 Å². The Balaban J connectivity index is 2.49. The minimum absolute atomic E-state index is 0.126. The van der Waals surface area contributed by atoms with Crippen LogP contribution in [0.4, 0.5) is 11.4 Å². The van der Waals surface area contributed by atoms with E-state index in [2.05, 4.69) is 4.98 Å². The average Bonchev–Trinajstić information content (AvgIpc) is 2.38. The topological polar surface area (TPSA) is 76.3 Å². The van der Waals surface area contributed by atoms with E-state index in [-0.39, 0.29) is 10.7 Å². The number of benzene rings is 1. The van der Waals surface area contributed by atoms with Gasteiger partial charge in [0.05, 0.1) is 11.4 Å². The van der Waals surface area contributed by atoms with Gasteiger partial charge in [0.25, 0.3) is 10.0 Å². The van der Waals surface area contributed by atoms with Crippen molar-refractivity contribution < 1.29 is 8.42 Å². The van der Waals surface area contributed by atoms with Crippen LogP contribution in [0, 0.1) is 6.92 Å². The molecule has 6 heteroatoms. The van der Waals surface area contributed by atoms with E-state index < -0.39 is 10.0 Å². The molecule has 0 amide bonds. The minimum atomic E-state index is -3.74. The van der Waals surface area contributed by atoms with Crippen LogP contribution in [0.25, 0.3) is 0 Å². The zero-order valence-electron chi connectivity index (χ0n) is 10.7. The van der Waals surface area contributed by atoms with E-state index in [1.807, 2.05) is 13.0 Å². The molecule has 0 aliphatic rings. The number of aromatic nitrogens is 1. The first-order valence-electron chi connectivity index (χ1n) is 5.69. The Hall–Kier alpha value is -2.08. The fourth-order valence-electron chi connectivity index (χ4n) is 1.71. The molecule has 1 aromatic heterocycles. The molecule has 0 saturated carbocycles. The number of hydrogen-bond donors (Lipinski definition) is 1. The second kappa shape index (κ2) is 4.89. The summed E-state index contributed by atoms with van der Waals surface area (Å²) in [5.74, 6) is 0. The fraction of sp³-hybridized carbons (Fsp3) is 0.154. The summed E-state index contributed by atoms with van der Waals surface area (Å²) >= 11 is 0. The summed E-state index contributed by atoms with van der Waals surface area (Å²) in [5.41, 5.74) is 7.38. The lowest BCUT2D eigenvalue weighted by Crippen LogP contribution is -2.28. The van der Waals surface area contributed by atoms with Crippen molar-refractivity contribution in [2.45, 2.75) is 11.9 Å². The van der Waals surface area contributed by atoms with Crippen LogP contribution in [0.1, 0.15) is 5.56 Å². The highest BCUT2D eigenvalue weighted by molar-refractivity contribution is 7.92. The van der Waals surface area contributed by atoms with Gasteiger partial charge in [-0.05, 0) is 36.8 Å². The van der Waals surface area contributed by atoms with Gasteiger partial charge < -0.3 is 5.73 Å². The summed E-state index contributed by atoms with van der Waals surface area (Å²) in [7, 11) is -2.26. The number of nitrogens with zero attached hydrogens (tertiary/aromatic N) is 2. The summed E-state index contributed by atoms with van der Waals surface area (Å²) in [6, 6.07) is 10.3. The normalized spacial score (nSPS) is 11.3. The van der Waals surface area contributed by atoms with E-state index in [0.717, 1.165) is 5.56 Å². The van der Waals surface area contributed by atoms with Gasteiger partial charge >= 0.3 is 0 Å². The molecular weight excluding hydrogens is 262 g/mol. The smallest absolute Gasteiger partial charge is 0.283 e. The van der Waals surface area contributed by atoms with Crippen molar-refractivity contribution in [1.82, 2.24) is 4.98 Å². The standard InChI is InChI=1S/C13H15N3O2S/c1-10-5-3-6-11(9-10)16(2)19(17,18)13-12(14)7-4-8-15-13/h3-9H,14H2,1-2H3. The van der Waals surface area contributed by atoms with E-state index in [0.29, 0.717) is 5.69 Å². The molecule has 2 rings (SSSR count). The van der Waals surface area contributed by atoms with Crippen molar-refractivity contribution >= 4 is 21.4 Å². The molecule has 0 unspecified atom stereocenters. The van der Waals surface area contributed by atoms with Crippen LogP contribution in [0.3, 0.4) is 0 Å². The Bertz CT molecular complexity index is 699. The maximum Gasteiger partial charge on any atom is 0.283 e. The molecule has 1 heterocycles. The number of aryl methyl sites for hydroxylation is 1. The van der Waals surface area contributed by atoms with Gasteiger partial charge in [0, 0.05) is 13.2 Å². The number of sulfonamides is 1. The first-order valence-corrected chi connectivity index (χ1v) is 7.13. The second-order valence-electron chi connectivity index (χ2n) is 4.21. The van der Waals surface area contributed by atoms with Gasteiger partial charge in [-0.15, -0.1) is 0 Å². The summed E-state index contributed by atoms with van der Waals surface area (Å²) in [5, 5.41) is -0.126. The first kappa shape index (κ1) is 13.4. The molecule has 0 radical (unpaired) electrons. The molecule has 0 aliphatic carbocycles. The number of rotatable bonds is 3. The fourth-order valence-corrected chi connectivity index (χ4v) is 2.92. The van der Waals surface area contributed by atoms with Crippen LogP contribution in [-0.2, 0) is 10.0 Å². The maximum absolute atomic E-state index is 12.4. The van der Waals surface area contributed by atoms with Crippen molar-refractivity contribution in [2.75, 3.05) is 17.1 Å². The van der Waals surface area contributed by atoms with Crippen molar-refractivity contribution in [3.63, 3.8) is 0 Å². The zero-order valence-corrected chi connectivity index (χ0v) is 11.6. The van der Waals surface area contributed by atoms with E-state index in [1.165, 1.54) is 23.6 Å². The highest BCUT2D eigenvalue weighted by Crippen LogP contribution is 2.24. The van der Waals surface area contributed by atoms with Crippen molar-refractivity contribution in [3.8, 4) is 0 Å². The zero-order chi connectivity index (χ0) is 14.0. The van der Waals surface area contributed by atoms with Crippen molar-refractivity contribution in [3.05, 3.63) is 48.2 Å². The highest BCUT2D eigenvalue weighted by atomic mass is 32.2. The van der Waals surface area contributed by atoms with Crippen LogP contribution < -0.4 is 10.0 Å². The van der Waals surface area contributed by atoms with E-state index >= 15 is 0 Å². The first-order chi connectivity index (χ1) is 8.93. The summed E-state index contributed by atoms with van der Waals surface area (Å²) in [6.07, 6.45) is 1.41. The second-order valence-corrected chi connectivity index (χ2v) is 6.09. The molecule has 2 aromatic rings. The molecule has 0 atom stereocenters. The molecule has 2 N–H and O–H groups in total. The lowest BCUT2D eigenvalue weighted by atomic mass is 10.2. The summed E-state index contributed by atoms with van der Waals surface area (Å²) < 4.78 is 26.1. The SMILES string of the molecule is Cc1cccc(N(C)S(=O)(=O)c2ncccc2N)c1. The number of hydrogen-bond acceptors (Lipinski definition) is 4. The molecule has 0 spiro atoms. The number of pyridine rings is 1. The molecule has 0 aliphatic heterocycles. The van der Waals surface area contributed by atoms with Gasteiger partial charge in [0.2, 0.25) is 0 Å². The number of anilines is 2. The Morgan fingerprint density at radius 2 is 1.95 bits per heavy atom. The van der Waals surface area contributed by atoms with Crippen LogP contribution in [0.15, 0.2) is 47.6 Å². The van der Waals surface area contributed by atoms with Crippen LogP contribution >= 0.6 is 0 Å². The van der Waals surface area contributed by atoms with Gasteiger partial charge in [0.1, 0.15) is 0 Å². The molecule has 1 aromatic carbocycles. The van der Waals surface area contributed by atoms with Gasteiger partial charge in [-0.3, -0.25) is 4.31 Å². The molecule has 0 saturated heterocycles. The highest BCUT2D eigenvalue weighted by Gasteiger charge is 2.24. The molecule has 19 heavy (non-hydrogen) atoms. The van der Waals surface area contributed by atoms with Gasteiger partial charge in [-0.25, -0.2) is 4.98 Å². The third kappa shape index (κ3) is 2.53. The Labute approximate surface area is 112 Å². The predicted octanol–water partition coefficient (Wildman–Crippen LogP) is 1.80. The van der Waals surface area contributed by atoms with Crippen molar-refractivity contribution in [1.29, 1.82) is 0 Å². The van der Waals surface area contributed by atoms with Gasteiger partial charge in [0.15, 0.2) is 5.03 Å². The monoisotopic (exact) mass is 277 g/mol. The molecule has 100 valence electrons. The molecular formula is C13H15N3O2S. The predicted molar refractivity (Wildman–Crippen MR) is 75.4 cm³/mol. The van der Waals surface area contributed by atoms with Crippen LogP contribution in [-0.4, -0.2) is 20.4 Å².